The zero-order valence-electron chi connectivity index (χ0n) is 11.9. The Morgan fingerprint density at radius 3 is 2.55 bits per heavy atom. The van der Waals surface area contributed by atoms with Crippen LogP contribution in [0.25, 0.3) is 0 Å². The van der Waals surface area contributed by atoms with Crippen LogP contribution < -0.4 is 20.1 Å². The molecule has 1 aliphatic heterocycles. The first-order valence-corrected chi connectivity index (χ1v) is 6.63. The molecule has 0 aliphatic carbocycles. The Bertz CT molecular complexity index is 618. The van der Waals surface area contributed by atoms with E-state index in [2.05, 4.69) is 10.6 Å². The summed E-state index contributed by atoms with van der Waals surface area (Å²) >= 11 is 5.97. The lowest BCUT2D eigenvalue weighted by atomic mass is 10.2. The molecule has 2 N–H and O–H groups in total. The second-order valence-corrected chi connectivity index (χ2v) is 4.78. The molecule has 0 atom stereocenters. The van der Waals surface area contributed by atoms with Gasteiger partial charge >= 0.3 is 6.03 Å². The van der Waals surface area contributed by atoms with Gasteiger partial charge in [-0.05, 0) is 0 Å². The number of methoxy groups -OCH3 is 2. The minimum atomic E-state index is -0.596. The van der Waals surface area contributed by atoms with Gasteiger partial charge in [0.05, 0.1) is 31.5 Å². The van der Waals surface area contributed by atoms with Crippen molar-refractivity contribution in [2.45, 2.75) is 0 Å². The average Bonchev–Trinajstić information content (AvgIpc) is 2.80. The highest BCUT2D eigenvalue weighted by Gasteiger charge is 2.30. The number of urea groups is 1. The van der Waals surface area contributed by atoms with Crippen LogP contribution in [0, 0.1) is 0 Å². The van der Waals surface area contributed by atoms with Gasteiger partial charge in [-0.15, -0.1) is 0 Å². The number of ether oxygens (including phenoxy) is 2. The molecule has 118 valence electrons. The first-order valence-electron chi connectivity index (χ1n) is 6.25. The molecule has 0 saturated carbocycles. The van der Waals surface area contributed by atoms with Gasteiger partial charge in [0.25, 0.3) is 5.91 Å². The van der Waals surface area contributed by atoms with Crippen LogP contribution in [-0.4, -0.2) is 50.1 Å². The van der Waals surface area contributed by atoms with Crippen LogP contribution in [0.15, 0.2) is 12.1 Å². The molecule has 1 saturated heterocycles. The van der Waals surface area contributed by atoms with Gasteiger partial charge in [-0.3, -0.25) is 14.5 Å². The fourth-order valence-corrected chi connectivity index (χ4v) is 2.14. The second-order valence-electron chi connectivity index (χ2n) is 4.37. The highest BCUT2D eigenvalue weighted by atomic mass is 35.5. The normalized spacial score (nSPS) is 13.9. The number of carbonyl (C=O) groups excluding carboxylic acids is 3. The maximum Gasteiger partial charge on any atom is 0.325 e. The van der Waals surface area contributed by atoms with E-state index in [1.54, 1.807) is 0 Å². The number of nitrogens with one attached hydrogen (secondary N) is 2. The smallest absolute Gasteiger partial charge is 0.325 e. The lowest BCUT2D eigenvalue weighted by Gasteiger charge is -2.15. The van der Waals surface area contributed by atoms with Gasteiger partial charge in [-0.1, -0.05) is 11.6 Å². The Balaban J connectivity index is 2.14. The zero-order valence-corrected chi connectivity index (χ0v) is 12.7. The number of hydrogen-bond acceptors (Lipinski definition) is 5. The van der Waals surface area contributed by atoms with Crippen molar-refractivity contribution in [3.63, 3.8) is 0 Å². The maximum absolute atomic E-state index is 12.0. The van der Waals surface area contributed by atoms with Crippen molar-refractivity contribution in [1.29, 1.82) is 0 Å². The fraction of sp³-hybridized carbons (Fsp3) is 0.308. The van der Waals surface area contributed by atoms with E-state index in [-0.39, 0.29) is 6.54 Å². The number of benzene rings is 1. The van der Waals surface area contributed by atoms with E-state index in [4.69, 9.17) is 21.1 Å². The summed E-state index contributed by atoms with van der Waals surface area (Å²) < 4.78 is 10.2. The third kappa shape index (κ3) is 3.22. The first-order chi connectivity index (χ1) is 10.5. The summed E-state index contributed by atoms with van der Waals surface area (Å²) in [7, 11) is 2.86. The van der Waals surface area contributed by atoms with Gasteiger partial charge in [0.2, 0.25) is 5.91 Å². The Kier molecular flexibility index (Phi) is 4.71. The van der Waals surface area contributed by atoms with Crippen LogP contribution >= 0.6 is 11.6 Å². The Morgan fingerprint density at radius 2 is 2.00 bits per heavy atom. The fourth-order valence-electron chi connectivity index (χ4n) is 1.91. The van der Waals surface area contributed by atoms with E-state index in [0.29, 0.717) is 22.2 Å². The highest BCUT2D eigenvalue weighted by Crippen LogP contribution is 2.35. The molecule has 1 aromatic rings. The Labute approximate surface area is 131 Å². The summed E-state index contributed by atoms with van der Waals surface area (Å²) in [4.78, 5) is 35.7. The van der Waals surface area contributed by atoms with E-state index in [9.17, 15) is 14.4 Å². The SMILES string of the molecule is COc1cc(NC(=O)CN2C(=O)CNC2=O)c(OC)cc1Cl. The van der Waals surface area contributed by atoms with Crippen molar-refractivity contribution in [1.82, 2.24) is 10.2 Å². The standard InChI is InChI=1S/C13H14ClN3O5/c1-21-9-4-8(10(22-2)3-7(9)14)16-11(18)6-17-12(19)5-15-13(17)20/h3-4H,5-6H2,1-2H3,(H,15,20)(H,16,18). The van der Waals surface area contributed by atoms with E-state index in [1.165, 1.54) is 26.4 Å². The summed E-state index contributed by atoms with van der Waals surface area (Å²) in [6, 6.07) is 2.38. The van der Waals surface area contributed by atoms with Gasteiger partial charge in [0, 0.05) is 12.1 Å². The molecule has 9 heteroatoms. The molecule has 1 aliphatic rings. The van der Waals surface area contributed by atoms with E-state index >= 15 is 0 Å². The van der Waals surface area contributed by atoms with Gasteiger partial charge in [-0.25, -0.2) is 4.79 Å². The molecule has 0 radical (unpaired) electrons. The summed E-state index contributed by atoms with van der Waals surface area (Å²) in [5, 5.41) is 5.21. The van der Waals surface area contributed by atoms with Crippen molar-refractivity contribution < 1.29 is 23.9 Å². The second kappa shape index (κ2) is 6.52. The molecule has 0 spiro atoms. The molecular formula is C13H14ClN3O5. The molecule has 1 heterocycles. The predicted molar refractivity (Wildman–Crippen MR) is 78.3 cm³/mol. The van der Waals surface area contributed by atoms with Crippen LogP contribution in [0.4, 0.5) is 10.5 Å². The largest absolute Gasteiger partial charge is 0.495 e. The van der Waals surface area contributed by atoms with Gasteiger partial charge in [0.15, 0.2) is 0 Å². The van der Waals surface area contributed by atoms with Crippen molar-refractivity contribution >= 4 is 35.1 Å². The van der Waals surface area contributed by atoms with Gasteiger partial charge in [0.1, 0.15) is 18.0 Å². The number of imide groups is 1. The molecule has 1 fully saturated rings. The number of amides is 4. The summed E-state index contributed by atoms with van der Waals surface area (Å²) in [6.07, 6.45) is 0. The van der Waals surface area contributed by atoms with Crippen LogP contribution in [0.1, 0.15) is 0 Å². The Hall–Kier alpha value is -2.48. The predicted octanol–water partition coefficient (Wildman–Crippen LogP) is 0.848. The number of rotatable bonds is 5. The molecule has 2 rings (SSSR count). The number of hydrogen-bond donors (Lipinski definition) is 2. The monoisotopic (exact) mass is 327 g/mol. The maximum atomic E-state index is 12.0. The minimum absolute atomic E-state index is 0.107. The lowest BCUT2D eigenvalue weighted by molar-refractivity contribution is -0.128. The molecular weight excluding hydrogens is 314 g/mol. The summed E-state index contributed by atoms with van der Waals surface area (Å²) in [6.45, 7) is -0.497. The van der Waals surface area contributed by atoms with Crippen molar-refractivity contribution in [3.8, 4) is 11.5 Å². The zero-order chi connectivity index (χ0) is 16.3. The van der Waals surface area contributed by atoms with Gasteiger partial charge < -0.3 is 20.1 Å². The number of anilines is 1. The topological polar surface area (TPSA) is 97.0 Å². The van der Waals surface area contributed by atoms with E-state index < -0.39 is 24.4 Å². The number of halogens is 1. The van der Waals surface area contributed by atoms with Crippen LogP contribution in [0.5, 0.6) is 11.5 Å². The Morgan fingerprint density at radius 1 is 1.32 bits per heavy atom. The molecule has 4 amide bonds. The molecule has 8 nitrogen and oxygen atoms in total. The lowest BCUT2D eigenvalue weighted by Crippen LogP contribution is -2.38. The minimum Gasteiger partial charge on any atom is -0.495 e. The van der Waals surface area contributed by atoms with E-state index in [0.717, 1.165) is 4.90 Å². The molecule has 0 bridgehead atoms. The molecule has 0 aromatic heterocycles. The molecule has 22 heavy (non-hydrogen) atoms. The van der Waals surface area contributed by atoms with Crippen LogP contribution in [0.3, 0.4) is 0 Å². The van der Waals surface area contributed by atoms with Gasteiger partial charge in [-0.2, -0.15) is 0 Å². The summed E-state index contributed by atoms with van der Waals surface area (Å²) in [5.41, 5.74) is 0.320. The van der Waals surface area contributed by atoms with Crippen LogP contribution in [0.2, 0.25) is 5.02 Å². The quantitative estimate of drug-likeness (QED) is 0.781. The highest BCUT2D eigenvalue weighted by molar-refractivity contribution is 6.32. The van der Waals surface area contributed by atoms with E-state index in [1.807, 2.05) is 0 Å². The molecule has 1 aromatic carbocycles. The van der Waals surface area contributed by atoms with Crippen molar-refractivity contribution in [2.75, 3.05) is 32.6 Å². The summed E-state index contributed by atoms with van der Waals surface area (Å²) in [5.74, 6) is -0.321. The average molecular weight is 328 g/mol. The van der Waals surface area contributed by atoms with Crippen molar-refractivity contribution in [2.24, 2.45) is 0 Å². The number of carbonyl (C=O) groups is 3. The third-order valence-corrected chi connectivity index (χ3v) is 3.28. The third-order valence-electron chi connectivity index (χ3n) is 2.99. The number of nitrogens with zero attached hydrogens (tertiary/aromatic N) is 1. The first kappa shape index (κ1) is 15.9. The van der Waals surface area contributed by atoms with Crippen LogP contribution in [-0.2, 0) is 9.59 Å². The van der Waals surface area contributed by atoms with Crippen molar-refractivity contribution in [3.05, 3.63) is 17.2 Å². The molecule has 0 unspecified atom stereocenters.